The quantitative estimate of drug-likeness (QED) is 0.815. The van der Waals surface area contributed by atoms with E-state index in [0.29, 0.717) is 6.61 Å². The van der Waals surface area contributed by atoms with E-state index in [1.165, 1.54) is 0 Å². The van der Waals surface area contributed by atoms with Gasteiger partial charge in [0.2, 0.25) is 0 Å². The molecule has 1 rings (SSSR count). The van der Waals surface area contributed by atoms with Gasteiger partial charge in [-0.15, -0.1) is 0 Å². The highest BCUT2D eigenvalue weighted by molar-refractivity contribution is 5.77. The number of rotatable bonds is 5. The average molecular weight is 250 g/mol. The molecule has 1 atom stereocenters. The van der Waals surface area contributed by atoms with Gasteiger partial charge in [-0.3, -0.25) is 4.98 Å². The molecule has 1 heterocycles. The number of ether oxygens (including phenoxy) is 1. The molecular formula is C14H22N2O2. The predicted molar refractivity (Wildman–Crippen MR) is 71.1 cm³/mol. The lowest BCUT2D eigenvalue weighted by atomic mass is 9.96. The summed E-state index contributed by atoms with van der Waals surface area (Å²) in [6.45, 7) is 9.27. The Morgan fingerprint density at radius 1 is 1.50 bits per heavy atom. The summed E-state index contributed by atoms with van der Waals surface area (Å²) >= 11 is 0. The summed E-state index contributed by atoms with van der Waals surface area (Å²) in [5.41, 5.74) is 0.938. The van der Waals surface area contributed by atoms with E-state index < -0.39 is 6.04 Å². The van der Waals surface area contributed by atoms with Crippen molar-refractivity contribution in [2.45, 2.75) is 33.7 Å². The summed E-state index contributed by atoms with van der Waals surface area (Å²) in [4.78, 5) is 16.0. The molecule has 0 radical (unpaired) electrons. The second-order valence-corrected chi connectivity index (χ2v) is 5.41. The molecule has 0 aliphatic carbocycles. The smallest absolute Gasteiger partial charge is 0.327 e. The SMILES string of the molecule is CCOC(=O)C(NCC(C)(C)C)c1cccnc1. The molecule has 0 saturated heterocycles. The third-order valence-electron chi connectivity index (χ3n) is 2.38. The Hall–Kier alpha value is -1.42. The summed E-state index contributed by atoms with van der Waals surface area (Å²) < 4.78 is 5.09. The standard InChI is InChI=1S/C14H22N2O2/c1-5-18-13(17)12(16-10-14(2,3)4)11-7-6-8-15-9-11/h6-9,12,16H,5,10H2,1-4H3. The van der Waals surface area contributed by atoms with Crippen LogP contribution in [-0.4, -0.2) is 24.1 Å². The van der Waals surface area contributed by atoms with Crippen LogP contribution in [0.1, 0.15) is 39.3 Å². The maximum absolute atomic E-state index is 11.9. The van der Waals surface area contributed by atoms with Crippen molar-refractivity contribution >= 4 is 5.97 Å². The van der Waals surface area contributed by atoms with Gasteiger partial charge in [-0.1, -0.05) is 26.8 Å². The molecule has 1 aromatic rings. The van der Waals surface area contributed by atoms with Gasteiger partial charge in [-0.25, -0.2) is 4.79 Å². The Kier molecular flexibility index (Phi) is 5.28. The van der Waals surface area contributed by atoms with Crippen LogP contribution in [0.4, 0.5) is 0 Å². The van der Waals surface area contributed by atoms with Crippen molar-refractivity contribution < 1.29 is 9.53 Å². The van der Waals surface area contributed by atoms with Crippen molar-refractivity contribution in [2.75, 3.05) is 13.2 Å². The molecule has 4 nitrogen and oxygen atoms in total. The molecule has 0 saturated carbocycles. The first-order chi connectivity index (χ1) is 8.44. The fraction of sp³-hybridized carbons (Fsp3) is 0.571. The molecule has 1 unspecified atom stereocenters. The highest BCUT2D eigenvalue weighted by atomic mass is 16.5. The fourth-order valence-corrected chi connectivity index (χ4v) is 1.52. The summed E-state index contributed by atoms with van der Waals surface area (Å²) in [6.07, 6.45) is 3.38. The number of aromatic nitrogens is 1. The van der Waals surface area contributed by atoms with Gasteiger partial charge < -0.3 is 10.1 Å². The maximum Gasteiger partial charge on any atom is 0.327 e. The first-order valence-electron chi connectivity index (χ1n) is 6.24. The van der Waals surface area contributed by atoms with Crippen LogP contribution in [-0.2, 0) is 9.53 Å². The van der Waals surface area contributed by atoms with Gasteiger partial charge in [-0.05, 0) is 24.0 Å². The van der Waals surface area contributed by atoms with Crippen LogP contribution < -0.4 is 5.32 Å². The van der Waals surface area contributed by atoms with Crippen LogP contribution >= 0.6 is 0 Å². The second-order valence-electron chi connectivity index (χ2n) is 5.41. The molecule has 4 heteroatoms. The lowest BCUT2D eigenvalue weighted by Crippen LogP contribution is -2.35. The van der Waals surface area contributed by atoms with Crippen LogP contribution in [0.3, 0.4) is 0 Å². The minimum absolute atomic E-state index is 0.104. The minimum Gasteiger partial charge on any atom is -0.465 e. The van der Waals surface area contributed by atoms with Gasteiger partial charge in [0, 0.05) is 18.9 Å². The molecule has 0 aliphatic rings. The van der Waals surface area contributed by atoms with E-state index in [0.717, 1.165) is 12.1 Å². The zero-order valence-corrected chi connectivity index (χ0v) is 11.6. The molecule has 1 aromatic heterocycles. The monoisotopic (exact) mass is 250 g/mol. The Labute approximate surface area is 109 Å². The van der Waals surface area contributed by atoms with Crippen molar-refractivity contribution in [3.63, 3.8) is 0 Å². The number of nitrogens with zero attached hydrogens (tertiary/aromatic N) is 1. The topological polar surface area (TPSA) is 51.2 Å². The third kappa shape index (κ3) is 4.84. The Morgan fingerprint density at radius 2 is 2.22 bits per heavy atom. The average Bonchev–Trinajstić information content (AvgIpc) is 2.29. The first kappa shape index (κ1) is 14.6. The Morgan fingerprint density at radius 3 is 2.72 bits per heavy atom. The summed E-state index contributed by atoms with van der Waals surface area (Å²) in [5.74, 6) is -0.255. The van der Waals surface area contributed by atoms with Crippen molar-refractivity contribution in [1.82, 2.24) is 10.3 Å². The van der Waals surface area contributed by atoms with Crippen molar-refractivity contribution in [1.29, 1.82) is 0 Å². The number of hydrogen-bond donors (Lipinski definition) is 1. The Bertz CT molecular complexity index is 371. The van der Waals surface area contributed by atoms with Gasteiger partial charge in [0.15, 0.2) is 0 Å². The van der Waals surface area contributed by atoms with Crippen LogP contribution in [0.5, 0.6) is 0 Å². The zero-order chi connectivity index (χ0) is 13.6. The number of esters is 1. The molecule has 0 aromatic carbocycles. The molecule has 0 bridgehead atoms. The van der Waals surface area contributed by atoms with E-state index in [-0.39, 0.29) is 11.4 Å². The summed E-state index contributed by atoms with van der Waals surface area (Å²) in [6, 6.07) is 3.25. The predicted octanol–water partition coefficient (Wildman–Crippen LogP) is 2.32. The Balaban J connectivity index is 2.79. The van der Waals surface area contributed by atoms with Crippen LogP contribution in [0.2, 0.25) is 0 Å². The summed E-state index contributed by atoms with van der Waals surface area (Å²) in [7, 11) is 0. The van der Waals surface area contributed by atoms with Crippen molar-refractivity contribution in [2.24, 2.45) is 5.41 Å². The van der Waals surface area contributed by atoms with Gasteiger partial charge >= 0.3 is 5.97 Å². The van der Waals surface area contributed by atoms with Crippen LogP contribution in [0.15, 0.2) is 24.5 Å². The molecule has 100 valence electrons. The number of nitrogens with one attached hydrogen (secondary N) is 1. The van der Waals surface area contributed by atoms with Gasteiger partial charge in [0.1, 0.15) is 6.04 Å². The normalized spacial score (nSPS) is 13.1. The van der Waals surface area contributed by atoms with E-state index in [1.54, 1.807) is 12.4 Å². The van der Waals surface area contributed by atoms with E-state index in [9.17, 15) is 4.79 Å². The van der Waals surface area contributed by atoms with Crippen LogP contribution in [0, 0.1) is 5.41 Å². The zero-order valence-electron chi connectivity index (χ0n) is 11.6. The number of hydrogen-bond acceptors (Lipinski definition) is 4. The van der Waals surface area contributed by atoms with E-state index in [1.807, 2.05) is 19.1 Å². The van der Waals surface area contributed by atoms with Crippen LogP contribution in [0.25, 0.3) is 0 Å². The maximum atomic E-state index is 11.9. The van der Waals surface area contributed by atoms with Crippen molar-refractivity contribution in [3.8, 4) is 0 Å². The molecule has 0 fully saturated rings. The lowest BCUT2D eigenvalue weighted by molar-refractivity contribution is -0.146. The highest BCUT2D eigenvalue weighted by Gasteiger charge is 2.23. The highest BCUT2D eigenvalue weighted by Crippen LogP contribution is 2.17. The molecular weight excluding hydrogens is 228 g/mol. The lowest BCUT2D eigenvalue weighted by Gasteiger charge is -2.23. The molecule has 1 N–H and O–H groups in total. The minimum atomic E-state index is -0.446. The van der Waals surface area contributed by atoms with E-state index >= 15 is 0 Å². The summed E-state index contributed by atoms with van der Waals surface area (Å²) in [5, 5.41) is 3.25. The van der Waals surface area contributed by atoms with Gasteiger partial charge in [0.05, 0.1) is 6.61 Å². The molecule has 18 heavy (non-hydrogen) atoms. The van der Waals surface area contributed by atoms with Gasteiger partial charge in [0.25, 0.3) is 0 Å². The first-order valence-corrected chi connectivity index (χ1v) is 6.24. The largest absolute Gasteiger partial charge is 0.465 e. The number of carbonyl (C=O) groups excluding carboxylic acids is 1. The van der Waals surface area contributed by atoms with E-state index in [2.05, 4.69) is 31.1 Å². The second kappa shape index (κ2) is 6.50. The molecule has 0 amide bonds. The fourth-order valence-electron chi connectivity index (χ4n) is 1.52. The van der Waals surface area contributed by atoms with Crippen molar-refractivity contribution in [3.05, 3.63) is 30.1 Å². The third-order valence-corrected chi connectivity index (χ3v) is 2.38. The van der Waals surface area contributed by atoms with E-state index in [4.69, 9.17) is 4.74 Å². The molecule has 0 spiro atoms. The number of carbonyl (C=O) groups is 1. The van der Waals surface area contributed by atoms with Gasteiger partial charge in [-0.2, -0.15) is 0 Å². The number of pyridine rings is 1. The molecule has 0 aliphatic heterocycles.